The monoisotopic (exact) mass is 282 g/mol. The Bertz CT molecular complexity index is 672. The van der Waals surface area contributed by atoms with E-state index in [2.05, 4.69) is 9.71 Å². The number of nitrogens with zero attached hydrogens (tertiary/aromatic N) is 1. The third-order valence-corrected chi connectivity index (χ3v) is 3.71. The quantitative estimate of drug-likeness (QED) is 0.931. The summed E-state index contributed by atoms with van der Waals surface area (Å²) in [6.07, 6.45) is 1.48. The fourth-order valence-corrected chi connectivity index (χ4v) is 2.51. The molecule has 1 aromatic carbocycles. The average Bonchev–Trinajstić information content (AvgIpc) is 2.39. The lowest BCUT2D eigenvalue weighted by atomic mass is 10.4. The lowest BCUT2D eigenvalue weighted by molar-refractivity contribution is 0.400. The molecule has 0 unspecified atom stereocenters. The number of methoxy groups -OCH3 is 1. The first kappa shape index (κ1) is 13.3. The topological polar surface area (TPSA) is 68.3 Å². The van der Waals surface area contributed by atoms with Crippen molar-refractivity contribution in [2.24, 2.45) is 0 Å². The number of rotatable bonds is 4. The second-order valence-electron chi connectivity index (χ2n) is 3.62. The highest BCUT2D eigenvalue weighted by Gasteiger charge is 2.16. The molecule has 19 heavy (non-hydrogen) atoms. The maximum absolute atomic E-state index is 12.8. The molecule has 0 aliphatic carbocycles. The predicted octanol–water partition coefficient (Wildman–Crippen LogP) is 2.03. The van der Waals surface area contributed by atoms with E-state index in [1.807, 2.05) is 0 Å². The van der Waals surface area contributed by atoms with Crippen LogP contribution in [0, 0.1) is 5.82 Å². The molecule has 2 aromatic rings. The molecule has 100 valence electrons. The minimum absolute atomic E-state index is 0.0418. The van der Waals surface area contributed by atoms with Crippen LogP contribution in [0.25, 0.3) is 0 Å². The Morgan fingerprint density at radius 2 is 1.89 bits per heavy atom. The molecular formula is C12H11FN2O3S. The maximum atomic E-state index is 12.8. The van der Waals surface area contributed by atoms with Crippen LogP contribution in [0.4, 0.5) is 10.1 Å². The van der Waals surface area contributed by atoms with E-state index < -0.39 is 15.8 Å². The van der Waals surface area contributed by atoms with Crippen molar-refractivity contribution < 1.29 is 17.5 Å². The Morgan fingerprint density at radius 1 is 1.21 bits per heavy atom. The summed E-state index contributed by atoms with van der Waals surface area (Å²) in [5.41, 5.74) is 0.217. The zero-order valence-corrected chi connectivity index (χ0v) is 10.8. The molecule has 0 saturated carbocycles. The van der Waals surface area contributed by atoms with Gasteiger partial charge in [0.15, 0.2) is 0 Å². The van der Waals surface area contributed by atoms with E-state index in [1.54, 1.807) is 6.07 Å². The number of sulfonamides is 1. The summed E-state index contributed by atoms with van der Waals surface area (Å²) in [7, 11) is -2.41. The second-order valence-corrected chi connectivity index (χ2v) is 5.30. The minimum Gasteiger partial charge on any atom is -0.480 e. The van der Waals surface area contributed by atoms with Crippen LogP contribution in [-0.4, -0.2) is 20.5 Å². The SMILES string of the molecule is COc1ncccc1NS(=O)(=O)c1ccc(F)cc1. The zero-order chi connectivity index (χ0) is 13.9. The fraction of sp³-hybridized carbons (Fsp3) is 0.0833. The summed E-state index contributed by atoms with van der Waals surface area (Å²) >= 11 is 0. The van der Waals surface area contributed by atoms with Crippen LogP contribution in [0.5, 0.6) is 5.88 Å². The average molecular weight is 282 g/mol. The standard InChI is InChI=1S/C12H11FN2O3S/c1-18-12-11(3-2-8-14-12)15-19(16,17)10-6-4-9(13)5-7-10/h2-8,15H,1H3. The van der Waals surface area contributed by atoms with Gasteiger partial charge in [0.25, 0.3) is 10.0 Å². The number of halogens is 1. The number of benzene rings is 1. The number of nitrogens with one attached hydrogen (secondary N) is 1. The van der Waals surface area contributed by atoms with E-state index >= 15 is 0 Å². The van der Waals surface area contributed by atoms with Crippen LogP contribution >= 0.6 is 0 Å². The third-order valence-electron chi connectivity index (χ3n) is 2.33. The summed E-state index contributed by atoms with van der Waals surface area (Å²) in [6, 6.07) is 7.61. The highest BCUT2D eigenvalue weighted by Crippen LogP contribution is 2.23. The summed E-state index contributed by atoms with van der Waals surface area (Å²) in [5.74, 6) is -0.342. The molecule has 1 N–H and O–H groups in total. The van der Waals surface area contributed by atoms with Gasteiger partial charge in [0.2, 0.25) is 5.88 Å². The fourth-order valence-electron chi connectivity index (χ4n) is 1.45. The van der Waals surface area contributed by atoms with E-state index in [1.165, 1.54) is 31.5 Å². The van der Waals surface area contributed by atoms with E-state index in [9.17, 15) is 12.8 Å². The minimum atomic E-state index is -3.80. The van der Waals surface area contributed by atoms with Crippen LogP contribution < -0.4 is 9.46 Å². The molecule has 0 amide bonds. The van der Waals surface area contributed by atoms with Gasteiger partial charge in [0.05, 0.1) is 12.0 Å². The lowest BCUT2D eigenvalue weighted by Gasteiger charge is -2.10. The first-order valence-corrected chi connectivity index (χ1v) is 6.78. The van der Waals surface area contributed by atoms with E-state index in [4.69, 9.17) is 4.74 Å². The molecule has 0 saturated heterocycles. The Balaban J connectivity index is 2.34. The number of aromatic nitrogens is 1. The second kappa shape index (κ2) is 5.23. The van der Waals surface area contributed by atoms with Crippen LogP contribution in [0.2, 0.25) is 0 Å². The summed E-state index contributed by atoms with van der Waals surface area (Å²) in [5, 5.41) is 0. The Labute approximate surface area is 110 Å². The maximum Gasteiger partial charge on any atom is 0.262 e. The summed E-state index contributed by atoms with van der Waals surface area (Å²) in [6.45, 7) is 0. The van der Waals surface area contributed by atoms with Crippen LogP contribution in [0.1, 0.15) is 0 Å². The molecule has 0 aliphatic rings. The smallest absolute Gasteiger partial charge is 0.262 e. The van der Waals surface area contributed by atoms with Gasteiger partial charge in [0, 0.05) is 6.20 Å². The predicted molar refractivity (Wildman–Crippen MR) is 68.0 cm³/mol. The molecule has 0 radical (unpaired) electrons. The number of pyridine rings is 1. The molecule has 0 bridgehead atoms. The molecule has 2 rings (SSSR count). The van der Waals surface area contributed by atoms with Crippen LogP contribution in [-0.2, 0) is 10.0 Å². The third kappa shape index (κ3) is 3.00. The Hall–Kier alpha value is -2.15. The molecule has 1 heterocycles. The van der Waals surface area contributed by atoms with Crippen molar-refractivity contribution in [1.82, 2.24) is 4.98 Å². The van der Waals surface area contributed by atoms with Crippen molar-refractivity contribution in [2.45, 2.75) is 4.90 Å². The van der Waals surface area contributed by atoms with Crippen molar-refractivity contribution in [3.63, 3.8) is 0 Å². The van der Waals surface area contributed by atoms with Crippen molar-refractivity contribution in [3.8, 4) is 5.88 Å². The van der Waals surface area contributed by atoms with Gasteiger partial charge < -0.3 is 4.74 Å². The van der Waals surface area contributed by atoms with Gasteiger partial charge in [-0.1, -0.05) is 0 Å². The van der Waals surface area contributed by atoms with Crippen molar-refractivity contribution in [3.05, 3.63) is 48.4 Å². The first-order chi connectivity index (χ1) is 9.03. The summed E-state index contributed by atoms with van der Waals surface area (Å²) < 4.78 is 44.2. The molecule has 0 aliphatic heterocycles. The van der Waals surface area contributed by atoms with Gasteiger partial charge >= 0.3 is 0 Å². The molecule has 5 nitrogen and oxygen atoms in total. The van der Waals surface area contributed by atoms with Crippen molar-refractivity contribution in [2.75, 3.05) is 11.8 Å². The molecule has 0 fully saturated rings. The van der Waals surface area contributed by atoms with Gasteiger partial charge in [-0.25, -0.2) is 17.8 Å². The van der Waals surface area contributed by atoms with E-state index in [-0.39, 0.29) is 16.5 Å². The molecule has 0 atom stereocenters. The van der Waals surface area contributed by atoms with Crippen molar-refractivity contribution >= 4 is 15.7 Å². The lowest BCUT2D eigenvalue weighted by Crippen LogP contribution is -2.13. The highest BCUT2D eigenvalue weighted by molar-refractivity contribution is 7.92. The van der Waals surface area contributed by atoms with E-state index in [0.717, 1.165) is 12.1 Å². The van der Waals surface area contributed by atoms with Gasteiger partial charge in [-0.15, -0.1) is 0 Å². The van der Waals surface area contributed by atoms with Gasteiger partial charge in [0.1, 0.15) is 11.5 Å². The molecule has 7 heteroatoms. The molecule has 1 aromatic heterocycles. The van der Waals surface area contributed by atoms with Crippen LogP contribution in [0.15, 0.2) is 47.5 Å². The van der Waals surface area contributed by atoms with Gasteiger partial charge in [-0.3, -0.25) is 4.72 Å². The Morgan fingerprint density at radius 3 is 2.53 bits per heavy atom. The van der Waals surface area contributed by atoms with Crippen molar-refractivity contribution in [1.29, 1.82) is 0 Å². The normalized spacial score (nSPS) is 11.1. The number of hydrogen-bond acceptors (Lipinski definition) is 4. The Kier molecular flexibility index (Phi) is 3.66. The first-order valence-electron chi connectivity index (χ1n) is 5.30. The number of ether oxygens (including phenoxy) is 1. The highest BCUT2D eigenvalue weighted by atomic mass is 32.2. The van der Waals surface area contributed by atoms with Gasteiger partial charge in [-0.2, -0.15) is 0 Å². The number of hydrogen-bond donors (Lipinski definition) is 1. The van der Waals surface area contributed by atoms with E-state index in [0.29, 0.717) is 0 Å². The van der Waals surface area contributed by atoms with Gasteiger partial charge in [-0.05, 0) is 36.4 Å². The number of anilines is 1. The zero-order valence-electron chi connectivity index (χ0n) is 10.00. The summed E-state index contributed by atoms with van der Waals surface area (Å²) in [4.78, 5) is 3.84. The molecule has 0 spiro atoms. The van der Waals surface area contributed by atoms with Crippen LogP contribution in [0.3, 0.4) is 0 Å². The largest absolute Gasteiger partial charge is 0.480 e. The molecular weight excluding hydrogens is 271 g/mol.